The van der Waals surface area contributed by atoms with Crippen molar-refractivity contribution in [1.82, 2.24) is 10.3 Å². The lowest BCUT2D eigenvalue weighted by atomic mass is 9.95. The minimum atomic E-state index is -3.66. The molecular formula is C12H18N4O2S. The summed E-state index contributed by atoms with van der Waals surface area (Å²) in [5.74, 6) is 2.14. The van der Waals surface area contributed by atoms with E-state index in [1.807, 2.05) is 0 Å². The van der Waals surface area contributed by atoms with Gasteiger partial charge < -0.3 is 10.2 Å². The molecule has 6 nitrogen and oxygen atoms in total. The molecule has 0 radical (unpaired) electrons. The summed E-state index contributed by atoms with van der Waals surface area (Å²) < 4.78 is 22.4. The Balaban J connectivity index is 1.84. The van der Waals surface area contributed by atoms with Crippen molar-refractivity contribution in [2.24, 2.45) is 17.0 Å². The van der Waals surface area contributed by atoms with Crippen LogP contribution in [-0.2, 0) is 10.0 Å². The topological polar surface area (TPSA) is 88.3 Å². The average Bonchev–Trinajstić information content (AvgIpc) is 2.92. The first-order valence-electron chi connectivity index (χ1n) is 6.43. The fourth-order valence-corrected chi connectivity index (χ4v) is 3.64. The van der Waals surface area contributed by atoms with Gasteiger partial charge in [0.25, 0.3) is 0 Å². The molecule has 2 fully saturated rings. The molecule has 0 aromatic carbocycles. The normalized spacial score (nSPS) is 30.6. The Morgan fingerprint density at radius 3 is 2.79 bits per heavy atom. The van der Waals surface area contributed by atoms with Crippen LogP contribution in [0.1, 0.15) is 6.92 Å². The minimum absolute atomic E-state index is 0.0601. The van der Waals surface area contributed by atoms with Gasteiger partial charge in [0.1, 0.15) is 10.7 Å². The van der Waals surface area contributed by atoms with Crippen LogP contribution in [0.15, 0.2) is 23.2 Å². The predicted octanol–water partition coefficient (Wildman–Crippen LogP) is -0.227. The van der Waals surface area contributed by atoms with Crippen molar-refractivity contribution in [2.45, 2.75) is 17.9 Å². The summed E-state index contributed by atoms with van der Waals surface area (Å²) in [4.78, 5) is 6.56. The van der Waals surface area contributed by atoms with Crippen molar-refractivity contribution in [2.75, 3.05) is 24.5 Å². The quantitative estimate of drug-likeness (QED) is 0.782. The monoisotopic (exact) mass is 282 g/mol. The lowest BCUT2D eigenvalue weighted by molar-refractivity contribution is 0.471. The molecule has 104 valence electrons. The molecular weight excluding hydrogens is 264 g/mol. The Bertz CT molecular complexity index is 572. The van der Waals surface area contributed by atoms with Crippen molar-refractivity contribution in [1.29, 1.82) is 0 Å². The van der Waals surface area contributed by atoms with E-state index < -0.39 is 10.0 Å². The summed E-state index contributed by atoms with van der Waals surface area (Å²) >= 11 is 0. The van der Waals surface area contributed by atoms with Crippen molar-refractivity contribution >= 4 is 15.8 Å². The van der Waals surface area contributed by atoms with E-state index in [0.717, 1.165) is 25.5 Å². The highest BCUT2D eigenvalue weighted by atomic mass is 32.2. The second-order valence-corrected chi connectivity index (χ2v) is 6.93. The lowest BCUT2D eigenvalue weighted by Crippen LogP contribution is -2.33. The third-order valence-electron chi connectivity index (χ3n) is 4.28. The third kappa shape index (κ3) is 2.22. The molecule has 0 bridgehead atoms. The van der Waals surface area contributed by atoms with E-state index in [4.69, 9.17) is 5.14 Å². The van der Waals surface area contributed by atoms with E-state index in [1.165, 1.54) is 12.3 Å². The summed E-state index contributed by atoms with van der Waals surface area (Å²) in [6, 6.07) is 3.69. The van der Waals surface area contributed by atoms with Gasteiger partial charge in [0.15, 0.2) is 0 Å². The van der Waals surface area contributed by atoms with E-state index in [9.17, 15) is 8.42 Å². The van der Waals surface area contributed by atoms with Crippen LogP contribution in [0.3, 0.4) is 0 Å². The molecule has 0 saturated carbocycles. The van der Waals surface area contributed by atoms with Gasteiger partial charge in [0.05, 0.1) is 0 Å². The van der Waals surface area contributed by atoms with E-state index >= 15 is 0 Å². The molecule has 3 rings (SSSR count). The first-order chi connectivity index (χ1) is 8.97. The number of nitrogens with two attached hydrogens (primary N) is 1. The number of rotatable bonds is 2. The lowest BCUT2D eigenvalue weighted by Gasteiger charge is -2.25. The molecule has 0 spiro atoms. The van der Waals surface area contributed by atoms with Gasteiger partial charge in [-0.3, -0.25) is 0 Å². The van der Waals surface area contributed by atoms with E-state index in [1.54, 1.807) is 6.07 Å². The number of aromatic nitrogens is 1. The number of sulfonamides is 1. The van der Waals surface area contributed by atoms with Crippen LogP contribution in [0.2, 0.25) is 0 Å². The standard InChI is InChI=1S/C12H18N4O2S/c1-8-11-6-14-4-9(11)7-16(8)12-3-2-10(5-15-12)19(13,17)18/h2-3,5,8-9,11,14H,4,6-7H2,1H3,(H2,13,17,18). The Hall–Kier alpha value is -1.18. The number of hydrogen-bond donors (Lipinski definition) is 2. The van der Waals surface area contributed by atoms with Gasteiger partial charge in [0.2, 0.25) is 10.0 Å². The van der Waals surface area contributed by atoms with Gasteiger partial charge in [-0.15, -0.1) is 0 Å². The van der Waals surface area contributed by atoms with Crippen molar-refractivity contribution in [3.8, 4) is 0 Å². The number of fused-ring (bicyclic) bond motifs is 1. The van der Waals surface area contributed by atoms with Gasteiger partial charge in [-0.2, -0.15) is 0 Å². The summed E-state index contributed by atoms with van der Waals surface area (Å²) in [5, 5.41) is 8.49. The van der Waals surface area contributed by atoms with Crippen LogP contribution in [-0.4, -0.2) is 39.1 Å². The Kier molecular flexibility index (Phi) is 2.99. The van der Waals surface area contributed by atoms with Crippen LogP contribution < -0.4 is 15.4 Å². The zero-order valence-corrected chi connectivity index (χ0v) is 11.6. The number of nitrogens with zero attached hydrogens (tertiary/aromatic N) is 2. The highest BCUT2D eigenvalue weighted by molar-refractivity contribution is 7.89. The fourth-order valence-electron chi connectivity index (χ4n) is 3.18. The number of hydrogen-bond acceptors (Lipinski definition) is 5. The number of anilines is 1. The van der Waals surface area contributed by atoms with E-state index in [0.29, 0.717) is 17.9 Å². The number of pyridine rings is 1. The van der Waals surface area contributed by atoms with Gasteiger partial charge in [-0.05, 0) is 30.9 Å². The average molecular weight is 282 g/mol. The Morgan fingerprint density at radius 2 is 2.21 bits per heavy atom. The second-order valence-electron chi connectivity index (χ2n) is 5.37. The van der Waals surface area contributed by atoms with Crippen molar-refractivity contribution < 1.29 is 8.42 Å². The molecule has 2 saturated heterocycles. The second kappa shape index (κ2) is 4.43. The highest BCUT2D eigenvalue weighted by Crippen LogP contribution is 2.34. The summed E-state index contributed by atoms with van der Waals surface area (Å²) in [6.07, 6.45) is 1.34. The largest absolute Gasteiger partial charge is 0.353 e. The summed E-state index contributed by atoms with van der Waals surface area (Å²) in [5.41, 5.74) is 0. The molecule has 3 atom stereocenters. The first kappa shape index (κ1) is 12.8. The molecule has 3 unspecified atom stereocenters. The molecule has 2 aliphatic rings. The van der Waals surface area contributed by atoms with Gasteiger partial charge in [0, 0.05) is 31.9 Å². The van der Waals surface area contributed by atoms with Crippen molar-refractivity contribution in [3.05, 3.63) is 18.3 Å². The van der Waals surface area contributed by atoms with E-state index in [2.05, 4.69) is 22.1 Å². The smallest absolute Gasteiger partial charge is 0.239 e. The minimum Gasteiger partial charge on any atom is -0.353 e. The molecule has 7 heteroatoms. The highest BCUT2D eigenvalue weighted by Gasteiger charge is 2.42. The summed E-state index contributed by atoms with van der Waals surface area (Å²) in [6.45, 7) is 5.28. The maximum absolute atomic E-state index is 11.2. The number of nitrogens with one attached hydrogen (secondary N) is 1. The van der Waals surface area contributed by atoms with Gasteiger partial charge >= 0.3 is 0 Å². The molecule has 0 aliphatic carbocycles. The maximum Gasteiger partial charge on any atom is 0.239 e. The van der Waals surface area contributed by atoms with Crippen LogP contribution in [0.4, 0.5) is 5.82 Å². The van der Waals surface area contributed by atoms with Gasteiger partial charge in [-0.1, -0.05) is 0 Å². The van der Waals surface area contributed by atoms with Crippen LogP contribution >= 0.6 is 0 Å². The molecule has 2 aliphatic heterocycles. The maximum atomic E-state index is 11.2. The predicted molar refractivity (Wildman–Crippen MR) is 72.3 cm³/mol. The fraction of sp³-hybridized carbons (Fsp3) is 0.583. The van der Waals surface area contributed by atoms with Crippen LogP contribution in [0.5, 0.6) is 0 Å². The van der Waals surface area contributed by atoms with Crippen molar-refractivity contribution in [3.63, 3.8) is 0 Å². The molecule has 3 N–H and O–H groups in total. The van der Waals surface area contributed by atoms with Gasteiger partial charge in [-0.25, -0.2) is 18.5 Å². The SMILES string of the molecule is CC1C2CNCC2CN1c1ccc(S(N)(=O)=O)cn1. The Morgan fingerprint density at radius 1 is 1.42 bits per heavy atom. The van der Waals surface area contributed by atoms with Crippen LogP contribution in [0, 0.1) is 11.8 Å². The zero-order chi connectivity index (χ0) is 13.6. The Labute approximate surface area is 113 Å². The molecule has 3 heterocycles. The van der Waals surface area contributed by atoms with Crippen LogP contribution in [0.25, 0.3) is 0 Å². The first-order valence-corrected chi connectivity index (χ1v) is 7.97. The zero-order valence-electron chi connectivity index (χ0n) is 10.8. The molecule has 1 aromatic rings. The molecule has 1 aromatic heterocycles. The van der Waals surface area contributed by atoms with E-state index in [-0.39, 0.29) is 4.90 Å². The summed E-state index contributed by atoms with van der Waals surface area (Å²) in [7, 11) is -3.66. The number of primary sulfonamides is 1. The molecule has 19 heavy (non-hydrogen) atoms. The third-order valence-corrected chi connectivity index (χ3v) is 5.18. The molecule has 0 amide bonds.